The minimum absolute atomic E-state index is 0.0569. The van der Waals surface area contributed by atoms with Crippen LogP contribution in [0.1, 0.15) is 58.1 Å². The van der Waals surface area contributed by atoms with Crippen molar-refractivity contribution >= 4 is 29.7 Å². The molecule has 14 heteroatoms. The van der Waals surface area contributed by atoms with Gasteiger partial charge in [-0.05, 0) is 38.1 Å². The van der Waals surface area contributed by atoms with Crippen LogP contribution in [0.15, 0.2) is 12.5 Å². The molecule has 37 heavy (non-hydrogen) atoms. The Hall–Kier alpha value is -3.52. The van der Waals surface area contributed by atoms with Crippen LogP contribution in [0.3, 0.4) is 0 Å². The number of carboxylic acids is 2. The molecule has 0 saturated heterocycles. The minimum atomic E-state index is -1.47. The summed E-state index contributed by atoms with van der Waals surface area (Å²) in [4.78, 5) is 68.0. The summed E-state index contributed by atoms with van der Waals surface area (Å²) in [6.07, 6.45) is 4.00. The number of nitrogens with zero attached hydrogens (tertiary/aromatic N) is 1. The number of H-pyrrole nitrogens is 1. The fourth-order valence-electron chi connectivity index (χ4n) is 3.44. The van der Waals surface area contributed by atoms with Crippen molar-refractivity contribution in [1.29, 1.82) is 0 Å². The molecule has 0 fully saturated rings. The zero-order valence-electron chi connectivity index (χ0n) is 21.2. The highest BCUT2D eigenvalue weighted by Gasteiger charge is 2.31. The summed E-state index contributed by atoms with van der Waals surface area (Å²) in [6.45, 7) is 4.11. The van der Waals surface area contributed by atoms with Crippen molar-refractivity contribution in [1.82, 2.24) is 25.9 Å². The molecule has 208 valence electrons. The lowest BCUT2D eigenvalue weighted by Gasteiger charge is -2.26. The van der Waals surface area contributed by atoms with E-state index in [1.54, 1.807) is 0 Å². The second-order valence-corrected chi connectivity index (χ2v) is 8.93. The number of amides is 3. The highest BCUT2D eigenvalue weighted by Crippen LogP contribution is 2.09. The first-order valence-electron chi connectivity index (χ1n) is 12.3. The van der Waals surface area contributed by atoms with Crippen molar-refractivity contribution in [2.45, 2.75) is 83.0 Å². The van der Waals surface area contributed by atoms with E-state index in [1.807, 2.05) is 13.8 Å². The molecule has 0 aliphatic heterocycles. The number of carbonyl (C=O) groups is 5. The number of hydrogen-bond acceptors (Lipinski definition) is 8. The second kappa shape index (κ2) is 16.3. The summed E-state index contributed by atoms with van der Waals surface area (Å²) in [5, 5.41) is 25.8. The zero-order chi connectivity index (χ0) is 28.0. The van der Waals surface area contributed by atoms with Crippen LogP contribution < -0.4 is 27.4 Å². The quantitative estimate of drug-likeness (QED) is 0.107. The van der Waals surface area contributed by atoms with E-state index >= 15 is 0 Å². The molecule has 1 rings (SSSR count). The van der Waals surface area contributed by atoms with Crippen molar-refractivity contribution < 1.29 is 34.2 Å². The molecule has 0 saturated carbocycles. The number of imidazole rings is 1. The van der Waals surface area contributed by atoms with Crippen LogP contribution in [-0.2, 0) is 30.4 Å². The van der Waals surface area contributed by atoms with Crippen molar-refractivity contribution in [3.8, 4) is 0 Å². The summed E-state index contributed by atoms with van der Waals surface area (Å²) >= 11 is 0. The number of nitrogens with two attached hydrogens (primary N) is 2. The van der Waals surface area contributed by atoms with Gasteiger partial charge in [-0.25, -0.2) is 9.78 Å². The minimum Gasteiger partial charge on any atom is -0.481 e. The van der Waals surface area contributed by atoms with Gasteiger partial charge in [0, 0.05) is 24.7 Å². The molecule has 5 atom stereocenters. The van der Waals surface area contributed by atoms with Crippen LogP contribution in [-0.4, -0.2) is 80.6 Å². The molecular formula is C23H39N7O7. The largest absolute Gasteiger partial charge is 0.481 e. The molecule has 0 radical (unpaired) electrons. The van der Waals surface area contributed by atoms with Crippen LogP contribution in [0.2, 0.25) is 0 Å². The number of carbonyl (C=O) groups excluding carboxylic acids is 3. The predicted octanol–water partition coefficient (Wildman–Crippen LogP) is -1.14. The van der Waals surface area contributed by atoms with E-state index in [4.69, 9.17) is 16.6 Å². The third kappa shape index (κ3) is 11.4. The molecular weight excluding hydrogens is 486 g/mol. The maximum atomic E-state index is 13.2. The Morgan fingerprint density at radius 2 is 1.59 bits per heavy atom. The first-order chi connectivity index (χ1) is 17.5. The fraction of sp³-hybridized carbons (Fsp3) is 0.652. The van der Waals surface area contributed by atoms with E-state index in [1.165, 1.54) is 12.5 Å². The summed E-state index contributed by atoms with van der Waals surface area (Å²) in [7, 11) is 0. The maximum absolute atomic E-state index is 13.2. The van der Waals surface area contributed by atoms with E-state index in [9.17, 15) is 29.1 Å². The van der Waals surface area contributed by atoms with Gasteiger partial charge >= 0.3 is 11.9 Å². The number of nitrogens with one attached hydrogen (secondary N) is 4. The van der Waals surface area contributed by atoms with Crippen molar-refractivity contribution in [3.63, 3.8) is 0 Å². The molecule has 1 heterocycles. The van der Waals surface area contributed by atoms with Gasteiger partial charge in [0.05, 0.1) is 12.4 Å². The summed E-state index contributed by atoms with van der Waals surface area (Å²) < 4.78 is 0. The molecule has 0 aliphatic rings. The Morgan fingerprint density at radius 1 is 0.973 bits per heavy atom. The van der Waals surface area contributed by atoms with Crippen molar-refractivity contribution in [2.75, 3.05) is 6.54 Å². The Morgan fingerprint density at radius 3 is 2.14 bits per heavy atom. The van der Waals surface area contributed by atoms with E-state index in [0.29, 0.717) is 31.5 Å². The van der Waals surface area contributed by atoms with E-state index in [-0.39, 0.29) is 25.2 Å². The lowest BCUT2D eigenvalue weighted by molar-refractivity contribution is -0.143. The van der Waals surface area contributed by atoms with E-state index in [0.717, 1.165) is 0 Å². The van der Waals surface area contributed by atoms with Gasteiger partial charge in [-0.2, -0.15) is 0 Å². The van der Waals surface area contributed by atoms with Gasteiger partial charge in [-0.15, -0.1) is 0 Å². The average molecular weight is 526 g/mol. The molecule has 1 aromatic heterocycles. The Labute approximate surface area is 215 Å². The highest BCUT2D eigenvalue weighted by molar-refractivity contribution is 5.94. The van der Waals surface area contributed by atoms with E-state index < -0.39 is 60.2 Å². The van der Waals surface area contributed by atoms with Crippen LogP contribution in [0, 0.1) is 5.92 Å². The third-order valence-electron chi connectivity index (χ3n) is 6.01. The molecule has 1 aromatic rings. The lowest BCUT2D eigenvalue weighted by Crippen LogP contribution is -2.58. The number of aliphatic carboxylic acids is 2. The van der Waals surface area contributed by atoms with Gasteiger partial charge in [0.15, 0.2) is 0 Å². The van der Waals surface area contributed by atoms with Crippen LogP contribution in [0.5, 0.6) is 0 Å². The molecule has 0 aliphatic carbocycles. The number of hydrogen-bond donors (Lipinski definition) is 8. The van der Waals surface area contributed by atoms with E-state index in [2.05, 4.69) is 25.9 Å². The van der Waals surface area contributed by atoms with Crippen LogP contribution in [0.25, 0.3) is 0 Å². The predicted molar refractivity (Wildman–Crippen MR) is 133 cm³/mol. The molecule has 0 bridgehead atoms. The summed E-state index contributed by atoms with van der Waals surface area (Å²) in [6, 6.07) is -4.55. The molecule has 10 N–H and O–H groups in total. The number of carboxylic acid groups (broad SMARTS) is 2. The molecule has 0 aromatic carbocycles. The number of rotatable bonds is 18. The van der Waals surface area contributed by atoms with Gasteiger partial charge in [0.2, 0.25) is 17.7 Å². The molecule has 0 spiro atoms. The third-order valence-corrected chi connectivity index (χ3v) is 6.01. The summed E-state index contributed by atoms with van der Waals surface area (Å²) in [5.74, 6) is -4.73. The molecule has 3 amide bonds. The molecule has 5 unspecified atom stereocenters. The van der Waals surface area contributed by atoms with Gasteiger partial charge in [0.1, 0.15) is 18.1 Å². The average Bonchev–Trinajstić information content (AvgIpc) is 3.37. The Kier molecular flexibility index (Phi) is 13.9. The van der Waals surface area contributed by atoms with Crippen LogP contribution in [0.4, 0.5) is 0 Å². The smallest absolute Gasteiger partial charge is 0.326 e. The lowest BCUT2D eigenvalue weighted by atomic mass is 9.98. The monoisotopic (exact) mass is 525 g/mol. The van der Waals surface area contributed by atoms with Gasteiger partial charge in [0.25, 0.3) is 0 Å². The number of aromatic amines is 1. The normalized spacial score (nSPS) is 15.0. The first-order valence-corrected chi connectivity index (χ1v) is 12.3. The number of unbranched alkanes of at least 4 members (excludes halogenated alkanes) is 1. The summed E-state index contributed by atoms with van der Waals surface area (Å²) in [5.41, 5.74) is 12.1. The Balaban J connectivity index is 3.07. The standard InChI is InChI=1S/C23H39N7O7/c1-3-13(2)19(25)22(35)28-15(6-4-5-9-24)20(33)30-17(10-14-11-26-12-27-14)21(34)29-16(23(36)37)7-8-18(31)32/h11-13,15-17,19H,3-10,24-25H2,1-2H3,(H,26,27)(H,28,35)(H,29,34)(H,30,33)(H,31,32)(H,36,37). The first kappa shape index (κ1) is 31.5. The van der Waals surface area contributed by atoms with Crippen molar-refractivity contribution in [3.05, 3.63) is 18.2 Å². The fourth-order valence-corrected chi connectivity index (χ4v) is 3.44. The SMILES string of the molecule is CCC(C)C(N)C(=O)NC(CCCCN)C(=O)NC(Cc1cnc[nH]1)C(=O)NC(CCC(=O)O)C(=O)O. The molecule has 14 nitrogen and oxygen atoms in total. The van der Waals surface area contributed by atoms with Gasteiger partial charge < -0.3 is 42.6 Å². The van der Waals surface area contributed by atoms with Crippen LogP contribution >= 0.6 is 0 Å². The van der Waals surface area contributed by atoms with Gasteiger partial charge in [-0.1, -0.05) is 20.3 Å². The Bertz CT molecular complexity index is 894. The second-order valence-electron chi connectivity index (χ2n) is 8.93. The number of aromatic nitrogens is 2. The maximum Gasteiger partial charge on any atom is 0.326 e. The highest BCUT2D eigenvalue weighted by atomic mass is 16.4. The van der Waals surface area contributed by atoms with Gasteiger partial charge in [-0.3, -0.25) is 19.2 Å². The van der Waals surface area contributed by atoms with Crippen molar-refractivity contribution in [2.24, 2.45) is 17.4 Å². The topological polar surface area (TPSA) is 243 Å². The zero-order valence-corrected chi connectivity index (χ0v) is 21.2.